The summed E-state index contributed by atoms with van der Waals surface area (Å²) in [5, 5.41) is 10.7. The molecular weight excluding hydrogens is 240 g/mol. The maximum atomic E-state index is 4.44. The van der Waals surface area contributed by atoms with Gasteiger partial charge in [-0.3, -0.25) is 4.68 Å². The van der Waals surface area contributed by atoms with E-state index in [-0.39, 0.29) is 0 Å². The summed E-state index contributed by atoms with van der Waals surface area (Å²) in [5.41, 5.74) is 2.21. The van der Waals surface area contributed by atoms with E-state index in [4.69, 9.17) is 0 Å². The number of anilines is 2. The smallest absolute Gasteiger partial charge is 0.224 e. The van der Waals surface area contributed by atoms with Gasteiger partial charge in [-0.05, 0) is 26.3 Å². The van der Waals surface area contributed by atoms with E-state index in [0.29, 0.717) is 5.95 Å². The molecule has 0 atom stereocenters. The molecule has 6 heteroatoms. The summed E-state index contributed by atoms with van der Waals surface area (Å²) < 4.78 is 1.92. The first-order valence-corrected chi connectivity index (χ1v) is 6.49. The first-order chi connectivity index (χ1) is 9.19. The molecule has 0 aromatic carbocycles. The van der Waals surface area contributed by atoms with Crippen LogP contribution in [0.4, 0.5) is 11.8 Å². The number of nitrogens with zero attached hydrogens (tertiary/aromatic N) is 4. The van der Waals surface area contributed by atoms with Gasteiger partial charge in [0.2, 0.25) is 5.95 Å². The fourth-order valence-corrected chi connectivity index (χ4v) is 1.74. The van der Waals surface area contributed by atoms with Crippen LogP contribution in [0.1, 0.15) is 18.1 Å². The van der Waals surface area contributed by atoms with E-state index in [9.17, 15) is 0 Å². The Balaban J connectivity index is 1.93. The largest absolute Gasteiger partial charge is 0.368 e. The molecule has 0 bridgehead atoms. The third-order valence-corrected chi connectivity index (χ3v) is 2.70. The lowest BCUT2D eigenvalue weighted by molar-refractivity contribution is 0.636. The Bertz CT molecular complexity index is 534. The molecule has 0 spiro atoms. The number of aromatic nitrogens is 4. The van der Waals surface area contributed by atoms with Gasteiger partial charge in [-0.1, -0.05) is 0 Å². The summed E-state index contributed by atoms with van der Waals surface area (Å²) in [5.74, 6) is 1.53. The fourth-order valence-electron chi connectivity index (χ4n) is 1.74. The third kappa shape index (κ3) is 3.67. The average Bonchev–Trinajstić information content (AvgIpc) is 2.79. The van der Waals surface area contributed by atoms with Crippen molar-refractivity contribution in [3.05, 3.63) is 29.7 Å². The van der Waals surface area contributed by atoms with E-state index in [1.165, 1.54) is 5.56 Å². The van der Waals surface area contributed by atoms with Crippen LogP contribution < -0.4 is 10.6 Å². The van der Waals surface area contributed by atoms with Crippen LogP contribution in [0.25, 0.3) is 0 Å². The third-order valence-electron chi connectivity index (χ3n) is 2.70. The van der Waals surface area contributed by atoms with Gasteiger partial charge in [-0.15, -0.1) is 0 Å². The summed E-state index contributed by atoms with van der Waals surface area (Å²) in [4.78, 5) is 8.65. The Morgan fingerprint density at radius 2 is 2.05 bits per heavy atom. The molecule has 2 aromatic rings. The summed E-state index contributed by atoms with van der Waals surface area (Å²) in [6.07, 6.45) is 5.71. The summed E-state index contributed by atoms with van der Waals surface area (Å²) >= 11 is 0. The summed E-state index contributed by atoms with van der Waals surface area (Å²) in [6, 6.07) is 0. The van der Waals surface area contributed by atoms with Gasteiger partial charge in [-0.25, -0.2) is 4.98 Å². The Hall–Kier alpha value is -2.11. The van der Waals surface area contributed by atoms with Crippen LogP contribution in [0, 0.1) is 13.8 Å². The molecule has 0 amide bonds. The molecule has 0 aliphatic rings. The minimum Gasteiger partial charge on any atom is -0.368 e. The first-order valence-electron chi connectivity index (χ1n) is 6.49. The highest BCUT2D eigenvalue weighted by Crippen LogP contribution is 2.12. The van der Waals surface area contributed by atoms with Crippen molar-refractivity contribution in [1.82, 2.24) is 19.7 Å². The van der Waals surface area contributed by atoms with Gasteiger partial charge in [0, 0.05) is 31.0 Å². The zero-order valence-electron chi connectivity index (χ0n) is 11.6. The Morgan fingerprint density at radius 3 is 2.74 bits per heavy atom. The zero-order valence-corrected chi connectivity index (χ0v) is 11.6. The molecule has 19 heavy (non-hydrogen) atoms. The first kappa shape index (κ1) is 13.3. The predicted octanol–water partition coefficient (Wildman–Crippen LogP) is 1.83. The van der Waals surface area contributed by atoms with Crippen LogP contribution in [0.3, 0.4) is 0 Å². The average molecular weight is 260 g/mol. The van der Waals surface area contributed by atoms with Crippen molar-refractivity contribution in [2.75, 3.05) is 23.7 Å². The second-order valence-corrected chi connectivity index (χ2v) is 4.46. The lowest BCUT2D eigenvalue weighted by Gasteiger charge is -2.10. The molecule has 6 nitrogen and oxygen atoms in total. The van der Waals surface area contributed by atoms with Crippen LogP contribution in [0.2, 0.25) is 0 Å². The van der Waals surface area contributed by atoms with E-state index >= 15 is 0 Å². The van der Waals surface area contributed by atoms with Crippen molar-refractivity contribution < 1.29 is 0 Å². The van der Waals surface area contributed by atoms with Crippen LogP contribution in [-0.2, 0) is 6.54 Å². The van der Waals surface area contributed by atoms with E-state index in [1.54, 1.807) is 0 Å². The Kier molecular flexibility index (Phi) is 4.33. The Labute approximate surface area is 113 Å². The van der Waals surface area contributed by atoms with Gasteiger partial charge < -0.3 is 10.6 Å². The summed E-state index contributed by atoms with van der Waals surface area (Å²) in [7, 11) is 0. The molecule has 2 aromatic heterocycles. The molecule has 2 heterocycles. The predicted molar refractivity (Wildman–Crippen MR) is 76.4 cm³/mol. The highest BCUT2D eigenvalue weighted by Gasteiger charge is 2.03. The number of hydrogen-bond acceptors (Lipinski definition) is 5. The van der Waals surface area contributed by atoms with Crippen molar-refractivity contribution in [3.8, 4) is 0 Å². The van der Waals surface area contributed by atoms with Gasteiger partial charge in [0.05, 0.1) is 12.7 Å². The molecule has 0 unspecified atom stereocenters. The van der Waals surface area contributed by atoms with Crippen molar-refractivity contribution in [2.45, 2.75) is 27.3 Å². The molecule has 2 N–H and O–H groups in total. The molecule has 0 saturated carbocycles. The lowest BCUT2D eigenvalue weighted by Crippen LogP contribution is -2.13. The maximum Gasteiger partial charge on any atom is 0.224 e. The van der Waals surface area contributed by atoms with Gasteiger partial charge in [-0.2, -0.15) is 10.1 Å². The molecule has 0 aliphatic carbocycles. The second-order valence-electron chi connectivity index (χ2n) is 4.46. The highest BCUT2D eigenvalue weighted by atomic mass is 15.3. The lowest BCUT2D eigenvalue weighted by atomic mass is 10.3. The monoisotopic (exact) mass is 260 g/mol. The van der Waals surface area contributed by atoms with Crippen molar-refractivity contribution in [1.29, 1.82) is 0 Å². The van der Waals surface area contributed by atoms with Gasteiger partial charge in [0.25, 0.3) is 0 Å². The SMILES string of the molecule is CCNc1ncc(C)c(NCCn2cc(C)cn2)n1. The van der Waals surface area contributed by atoms with E-state index in [1.807, 2.05) is 44.0 Å². The van der Waals surface area contributed by atoms with Crippen molar-refractivity contribution in [2.24, 2.45) is 0 Å². The standard InChI is InChI=1S/C13H20N6/c1-4-14-13-16-8-11(3)12(18-13)15-5-6-19-9-10(2)7-17-19/h7-9H,4-6H2,1-3H3,(H2,14,15,16,18). The van der Waals surface area contributed by atoms with Crippen molar-refractivity contribution in [3.63, 3.8) is 0 Å². The normalized spacial score (nSPS) is 10.5. The van der Waals surface area contributed by atoms with Crippen LogP contribution >= 0.6 is 0 Å². The number of nitrogens with one attached hydrogen (secondary N) is 2. The molecule has 102 valence electrons. The minimum atomic E-state index is 0.658. The maximum absolute atomic E-state index is 4.44. The Morgan fingerprint density at radius 1 is 1.21 bits per heavy atom. The van der Waals surface area contributed by atoms with Crippen LogP contribution in [0.5, 0.6) is 0 Å². The van der Waals surface area contributed by atoms with E-state index < -0.39 is 0 Å². The van der Waals surface area contributed by atoms with Crippen LogP contribution in [-0.4, -0.2) is 32.8 Å². The fraction of sp³-hybridized carbons (Fsp3) is 0.462. The number of hydrogen-bond donors (Lipinski definition) is 2. The van der Waals surface area contributed by atoms with Crippen LogP contribution in [0.15, 0.2) is 18.6 Å². The summed E-state index contributed by atoms with van der Waals surface area (Å²) in [6.45, 7) is 8.47. The van der Waals surface area contributed by atoms with Gasteiger partial charge in [0.15, 0.2) is 0 Å². The van der Waals surface area contributed by atoms with Gasteiger partial charge >= 0.3 is 0 Å². The molecule has 0 saturated heterocycles. The second kappa shape index (κ2) is 6.17. The molecule has 0 aliphatic heterocycles. The number of rotatable bonds is 6. The number of aryl methyl sites for hydroxylation is 2. The highest BCUT2D eigenvalue weighted by molar-refractivity contribution is 5.46. The van der Waals surface area contributed by atoms with E-state index in [2.05, 4.69) is 25.7 Å². The molecular formula is C13H20N6. The van der Waals surface area contributed by atoms with Gasteiger partial charge in [0.1, 0.15) is 5.82 Å². The molecule has 0 fully saturated rings. The molecule has 2 rings (SSSR count). The molecule has 0 radical (unpaired) electrons. The topological polar surface area (TPSA) is 67.7 Å². The minimum absolute atomic E-state index is 0.658. The van der Waals surface area contributed by atoms with Crippen molar-refractivity contribution >= 4 is 11.8 Å². The van der Waals surface area contributed by atoms with E-state index in [0.717, 1.165) is 31.0 Å². The quantitative estimate of drug-likeness (QED) is 0.829. The zero-order chi connectivity index (χ0) is 13.7.